The highest BCUT2D eigenvalue weighted by molar-refractivity contribution is 6.03. The zero-order chi connectivity index (χ0) is 19.6. The van der Waals surface area contributed by atoms with Gasteiger partial charge in [0.1, 0.15) is 11.5 Å². The fourth-order valence-corrected chi connectivity index (χ4v) is 2.29. The minimum atomic E-state index is -1.48. The highest BCUT2D eigenvalue weighted by Crippen LogP contribution is 2.20. The van der Waals surface area contributed by atoms with Crippen molar-refractivity contribution in [2.45, 2.75) is 6.10 Å². The summed E-state index contributed by atoms with van der Waals surface area (Å²) in [6.07, 6.45) is -0.152. The van der Waals surface area contributed by atoms with Crippen LogP contribution in [0.2, 0.25) is 0 Å². The lowest BCUT2D eigenvalue weighted by molar-refractivity contribution is -0.384. The van der Waals surface area contributed by atoms with Crippen molar-refractivity contribution in [3.05, 3.63) is 68.5 Å². The van der Waals surface area contributed by atoms with E-state index in [1.54, 1.807) is 0 Å². The van der Waals surface area contributed by atoms with Crippen LogP contribution in [-0.2, 0) is 0 Å². The number of non-ortho nitro benzene ring substituents is 1. The number of furan rings is 1. The van der Waals surface area contributed by atoms with Crippen LogP contribution in [0, 0.1) is 10.1 Å². The van der Waals surface area contributed by atoms with Gasteiger partial charge in [0.2, 0.25) is 5.96 Å². The molecule has 0 bridgehead atoms. The molecule has 0 radical (unpaired) electrons. The number of hydrogen-bond donors (Lipinski definition) is 4. The summed E-state index contributed by atoms with van der Waals surface area (Å²) in [5.74, 6) is -0.309. The van der Waals surface area contributed by atoms with Crippen LogP contribution in [0.3, 0.4) is 0 Å². The number of rotatable bonds is 5. The third kappa shape index (κ3) is 3.64. The lowest BCUT2D eigenvalue weighted by Gasteiger charge is -2.10. The van der Waals surface area contributed by atoms with E-state index in [-0.39, 0.29) is 33.9 Å². The van der Waals surface area contributed by atoms with Crippen LogP contribution in [0.4, 0.5) is 5.69 Å². The molecule has 0 aliphatic rings. The van der Waals surface area contributed by atoms with Crippen molar-refractivity contribution in [3.63, 3.8) is 0 Å². The molecule has 12 nitrogen and oxygen atoms in total. The highest BCUT2D eigenvalue weighted by Gasteiger charge is 2.25. The summed E-state index contributed by atoms with van der Waals surface area (Å²) >= 11 is 0. The first kappa shape index (κ1) is 17.8. The third-order valence-corrected chi connectivity index (χ3v) is 3.47. The Kier molecular flexibility index (Phi) is 4.64. The van der Waals surface area contributed by atoms with E-state index in [1.165, 1.54) is 36.6 Å². The van der Waals surface area contributed by atoms with Gasteiger partial charge >= 0.3 is 0 Å². The maximum absolute atomic E-state index is 12.5. The van der Waals surface area contributed by atoms with Crippen LogP contribution in [0.5, 0.6) is 0 Å². The Morgan fingerprint density at radius 1 is 1.33 bits per heavy atom. The molecule has 0 aliphatic carbocycles. The van der Waals surface area contributed by atoms with Gasteiger partial charge in [0, 0.05) is 12.1 Å². The standard InChI is InChI=1S/C15H13N7O5/c16-15(17)21-20-11(13(23)10-2-1-5-27-10)12-14(24)19-9-6-7(22(25)26)3-4-8(9)18-12/h1-6,13,23H,(H,19,24)(H4,16,17,21)/b20-11-. The maximum atomic E-state index is 12.5. The van der Waals surface area contributed by atoms with Crippen molar-refractivity contribution in [3.8, 4) is 0 Å². The van der Waals surface area contributed by atoms with E-state index in [9.17, 15) is 20.0 Å². The average Bonchev–Trinajstić information content (AvgIpc) is 3.15. The molecule has 0 aliphatic heterocycles. The summed E-state index contributed by atoms with van der Waals surface area (Å²) in [7, 11) is 0. The minimum Gasteiger partial charge on any atom is -0.466 e. The Labute approximate surface area is 150 Å². The van der Waals surface area contributed by atoms with E-state index in [0.29, 0.717) is 0 Å². The van der Waals surface area contributed by atoms with E-state index in [1.807, 2.05) is 0 Å². The predicted octanol–water partition coefficient (Wildman–Crippen LogP) is 0.135. The Balaban J connectivity index is 2.18. The van der Waals surface area contributed by atoms with Gasteiger partial charge in [-0.25, -0.2) is 4.98 Å². The van der Waals surface area contributed by atoms with Crippen molar-refractivity contribution in [2.24, 2.45) is 21.7 Å². The number of nitro benzene ring substituents is 1. The second-order valence-electron chi connectivity index (χ2n) is 5.30. The van der Waals surface area contributed by atoms with Crippen LogP contribution in [0.15, 0.2) is 56.0 Å². The maximum Gasteiger partial charge on any atom is 0.276 e. The molecule has 1 atom stereocenters. The van der Waals surface area contributed by atoms with Gasteiger partial charge in [-0.3, -0.25) is 14.9 Å². The molecular weight excluding hydrogens is 358 g/mol. The predicted molar refractivity (Wildman–Crippen MR) is 95.0 cm³/mol. The summed E-state index contributed by atoms with van der Waals surface area (Å²) in [6, 6.07) is 6.75. The number of nitrogens with zero attached hydrogens (tertiary/aromatic N) is 4. The molecule has 3 aromatic rings. The molecule has 0 saturated carbocycles. The fourth-order valence-electron chi connectivity index (χ4n) is 2.29. The molecule has 0 fully saturated rings. The number of aliphatic hydroxyl groups excluding tert-OH is 1. The van der Waals surface area contributed by atoms with E-state index in [4.69, 9.17) is 15.9 Å². The third-order valence-electron chi connectivity index (χ3n) is 3.47. The quantitative estimate of drug-likeness (QED) is 0.210. The number of nitro groups is 1. The number of aromatic nitrogens is 2. The molecular formula is C15H13N7O5. The van der Waals surface area contributed by atoms with Crippen molar-refractivity contribution in [1.29, 1.82) is 0 Å². The lowest BCUT2D eigenvalue weighted by Crippen LogP contribution is -2.26. The van der Waals surface area contributed by atoms with Crippen molar-refractivity contribution < 1.29 is 14.4 Å². The number of nitrogens with one attached hydrogen (secondary N) is 1. The van der Waals surface area contributed by atoms with Crippen molar-refractivity contribution >= 4 is 28.4 Å². The lowest BCUT2D eigenvalue weighted by atomic mass is 10.1. The van der Waals surface area contributed by atoms with Crippen LogP contribution in [-0.4, -0.2) is 31.7 Å². The Morgan fingerprint density at radius 2 is 2.11 bits per heavy atom. The Morgan fingerprint density at radius 3 is 2.74 bits per heavy atom. The molecule has 1 aromatic carbocycles. The molecule has 27 heavy (non-hydrogen) atoms. The van der Waals surface area contributed by atoms with Gasteiger partial charge in [-0.15, -0.1) is 10.2 Å². The normalized spacial score (nSPS) is 12.7. The summed E-state index contributed by atoms with van der Waals surface area (Å²) in [4.78, 5) is 29.3. The number of hydrogen-bond acceptors (Lipinski definition) is 8. The number of aliphatic hydroxyl groups is 1. The van der Waals surface area contributed by atoms with Crippen LogP contribution < -0.4 is 17.0 Å². The smallest absolute Gasteiger partial charge is 0.276 e. The zero-order valence-electron chi connectivity index (χ0n) is 13.6. The first-order valence-corrected chi connectivity index (χ1v) is 7.43. The van der Waals surface area contributed by atoms with Gasteiger partial charge in [0.15, 0.2) is 11.8 Å². The minimum absolute atomic E-state index is 0.0875. The number of fused-ring (bicyclic) bond motifs is 1. The number of H-pyrrole nitrogens is 1. The number of guanidine groups is 1. The number of aromatic amines is 1. The summed E-state index contributed by atoms with van der Waals surface area (Å²) in [5, 5.41) is 28.5. The molecule has 0 spiro atoms. The van der Waals surface area contributed by atoms with Crippen LogP contribution in [0.25, 0.3) is 11.0 Å². The summed E-state index contributed by atoms with van der Waals surface area (Å²) in [5.41, 5.74) is 9.39. The van der Waals surface area contributed by atoms with Gasteiger partial charge in [-0.1, -0.05) is 0 Å². The van der Waals surface area contributed by atoms with Crippen molar-refractivity contribution in [1.82, 2.24) is 9.97 Å². The highest BCUT2D eigenvalue weighted by atomic mass is 16.6. The molecule has 0 saturated heterocycles. The molecule has 2 heterocycles. The first-order valence-electron chi connectivity index (χ1n) is 7.43. The monoisotopic (exact) mass is 371 g/mol. The van der Waals surface area contributed by atoms with Gasteiger partial charge in [-0.05, 0) is 18.2 Å². The summed E-state index contributed by atoms with van der Waals surface area (Å²) in [6.45, 7) is 0. The first-order chi connectivity index (χ1) is 12.9. The van der Waals surface area contributed by atoms with Gasteiger partial charge in [0.05, 0.1) is 22.2 Å². The second-order valence-corrected chi connectivity index (χ2v) is 5.30. The topological polar surface area (TPSA) is 199 Å². The fraction of sp³-hybridized carbons (Fsp3) is 0.0667. The zero-order valence-corrected chi connectivity index (χ0v) is 13.6. The van der Waals surface area contributed by atoms with E-state index in [0.717, 1.165) is 0 Å². The van der Waals surface area contributed by atoms with Gasteiger partial charge in [0.25, 0.3) is 11.2 Å². The summed E-state index contributed by atoms with van der Waals surface area (Å²) < 4.78 is 5.12. The van der Waals surface area contributed by atoms with Gasteiger partial charge < -0.3 is 26.0 Å². The molecule has 3 rings (SSSR count). The molecule has 0 amide bonds. The number of benzene rings is 1. The average molecular weight is 371 g/mol. The largest absolute Gasteiger partial charge is 0.466 e. The van der Waals surface area contributed by atoms with E-state index >= 15 is 0 Å². The molecule has 6 N–H and O–H groups in total. The van der Waals surface area contributed by atoms with Gasteiger partial charge in [-0.2, -0.15) is 0 Å². The van der Waals surface area contributed by atoms with Crippen LogP contribution >= 0.6 is 0 Å². The number of nitrogens with two attached hydrogens (primary N) is 2. The van der Waals surface area contributed by atoms with E-state index in [2.05, 4.69) is 20.2 Å². The SMILES string of the molecule is NC(N)=N/N=C(/c1nc2ccc([N+](=O)[O-])cc2[nH]c1=O)C(O)c1ccco1. The second kappa shape index (κ2) is 7.05. The molecule has 12 heteroatoms. The van der Waals surface area contributed by atoms with E-state index < -0.39 is 22.5 Å². The van der Waals surface area contributed by atoms with Crippen LogP contribution in [0.1, 0.15) is 17.6 Å². The Hall–Kier alpha value is -4.06. The molecule has 1 unspecified atom stereocenters. The molecule has 2 aromatic heterocycles. The Bertz CT molecular complexity index is 1110. The molecule has 138 valence electrons. The van der Waals surface area contributed by atoms with Crippen molar-refractivity contribution in [2.75, 3.05) is 0 Å².